The lowest BCUT2D eigenvalue weighted by Gasteiger charge is -2.31. The van der Waals surface area contributed by atoms with E-state index in [0.29, 0.717) is 6.04 Å². The van der Waals surface area contributed by atoms with Crippen LogP contribution in [0.1, 0.15) is 12.8 Å². The number of hydrogen-bond acceptors (Lipinski definition) is 2. The molecule has 1 N–H and O–H groups in total. The highest BCUT2D eigenvalue weighted by atomic mass is 15.1. The van der Waals surface area contributed by atoms with Crippen LogP contribution in [0.25, 0.3) is 10.8 Å². The summed E-state index contributed by atoms with van der Waals surface area (Å²) in [5.41, 5.74) is 1.43. The minimum absolute atomic E-state index is 0.716. The molecule has 0 aliphatic carbocycles. The summed E-state index contributed by atoms with van der Waals surface area (Å²) < 4.78 is 0. The van der Waals surface area contributed by atoms with E-state index in [1.165, 1.54) is 42.2 Å². The second kappa shape index (κ2) is 5.76. The Morgan fingerprint density at radius 2 is 1.79 bits per heavy atom. The van der Waals surface area contributed by atoms with Crippen LogP contribution in [0.15, 0.2) is 42.5 Å². The van der Waals surface area contributed by atoms with E-state index in [9.17, 15) is 0 Å². The van der Waals surface area contributed by atoms with Crippen molar-refractivity contribution in [1.82, 2.24) is 10.1 Å². The van der Waals surface area contributed by atoms with Crippen molar-refractivity contribution in [3.05, 3.63) is 42.5 Å². The molecule has 2 nitrogen and oxygen atoms in total. The number of piperidine rings is 1. The molecule has 0 aromatic heterocycles. The molecule has 0 unspecified atom stereocenters. The fourth-order valence-electron chi connectivity index (χ4n) is 2.98. The van der Waals surface area contributed by atoms with Crippen molar-refractivity contribution in [2.45, 2.75) is 18.9 Å². The molecule has 1 aliphatic heterocycles. The van der Waals surface area contributed by atoms with Crippen molar-refractivity contribution in [2.24, 2.45) is 0 Å². The van der Waals surface area contributed by atoms with Gasteiger partial charge in [-0.2, -0.15) is 0 Å². The fraction of sp³-hybridized carbons (Fsp3) is 0.375. The average Bonchev–Trinajstić information content (AvgIpc) is 2.48. The lowest BCUT2D eigenvalue weighted by Crippen LogP contribution is -2.45. The summed E-state index contributed by atoms with van der Waals surface area (Å²) in [5, 5.41) is 6.07. The van der Waals surface area contributed by atoms with Crippen molar-refractivity contribution in [2.75, 3.05) is 20.1 Å². The van der Waals surface area contributed by atoms with E-state index in [1.54, 1.807) is 0 Å². The second-order valence-corrected chi connectivity index (χ2v) is 5.52. The minimum atomic E-state index is 0.716. The summed E-state index contributed by atoms with van der Waals surface area (Å²) in [7, 11) is 3.16. The summed E-state index contributed by atoms with van der Waals surface area (Å²) in [6, 6.07) is 16.2. The highest BCUT2D eigenvalue weighted by Gasteiger charge is 2.18. The Bertz CT molecular complexity index is 547. The third-order valence-corrected chi connectivity index (χ3v) is 4.22. The van der Waals surface area contributed by atoms with E-state index >= 15 is 0 Å². The second-order valence-electron chi connectivity index (χ2n) is 5.52. The van der Waals surface area contributed by atoms with Gasteiger partial charge >= 0.3 is 0 Å². The van der Waals surface area contributed by atoms with Gasteiger partial charge in [-0.1, -0.05) is 47.9 Å². The van der Waals surface area contributed by atoms with Gasteiger partial charge in [0.2, 0.25) is 7.41 Å². The van der Waals surface area contributed by atoms with Gasteiger partial charge in [-0.25, -0.2) is 0 Å². The first-order chi connectivity index (χ1) is 9.35. The van der Waals surface area contributed by atoms with E-state index in [0.717, 1.165) is 7.41 Å². The molecule has 19 heavy (non-hydrogen) atoms. The summed E-state index contributed by atoms with van der Waals surface area (Å²) in [4.78, 5) is 2.57. The minimum Gasteiger partial charge on any atom is -0.341 e. The number of benzene rings is 2. The van der Waals surface area contributed by atoms with Crippen LogP contribution in [0.5, 0.6) is 0 Å². The van der Waals surface area contributed by atoms with Crippen molar-refractivity contribution in [3.8, 4) is 0 Å². The molecule has 1 aliphatic rings. The van der Waals surface area contributed by atoms with Crippen LogP contribution in [0.3, 0.4) is 0 Å². The van der Waals surface area contributed by atoms with Gasteiger partial charge in [0.15, 0.2) is 0 Å². The first-order valence-corrected chi connectivity index (χ1v) is 7.22. The van der Waals surface area contributed by atoms with Crippen LogP contribution in [0.4, 0.5) is 0 Å². The van der Waals surface area contributed by atoms with Crippen LogP contribution < -0.4 is 10.8 Å². The summed E-state index contributed by atoms with van der Waals surface area (Å²) >= 11 is 0. The first-order valence-electron chi connectivity index (χ1n) is 7.22. The van der Waals surface area contributed by atoms with Gasteiger partial charge in [-0.05, 0) is 43.8 Å². The lowest BCUT2D eigenvalue weighted by molar-refractivity contribution is 0.307. The molecule has 98 valence electrons. The van der Waals surface area contributed by atoms with Gasteiger partial charge in [0.05, 0.1) is 0 Å². The number of nitrogens with zero attached hydrogens (tertiary/aromatic N) is 1. The maximum Gasteiger partial charge on any atom is 0.238 e. The Labute approximate surface area is 116 Å². The molecule has 1 saturated heterocycles. The van der Waals surface area contributed by atoms with Gasteiger partial charge in [0, 0.05) is 6.04 Å². The van der Waals surface area contributed by atoms with Crippen molar-refractivity contribution in [1.29, 1.82) is 0 Å². The van der Waals surface area contributed by atoms with Crippen LogP contribution in [-0.2, 0) is 0 Å². The summed E-state index contributed by atoms with van der Waals surface area (Å²) in [6.07, 6.45) is 2.54. The molecule has 0 amide bonds. The van der Waals surface area contributed by atoms with Gasteiger partial charge in [-0.3, -0.25) is 0 Å². The number of rotatable bonds is 3. The average molecular weight is 252 g/mol. The third kappa shape index (κ3) is 2.99. The normalized spacial score (nSPS) is 17.7. The van der Waals surface area contributed by atoms with E-state index in [-0.39, 0.29) is 0 Å². The Balaban J connectivity index is 1.68. The topological polar surface area (TPSA) is 15.3 Å². The van der Waals surface area contributed by atoms with Gasteiger partial charge in [0.1, 0.15) is 0 Å². The zero-order valence-electron chi connectivity index (χ0n) is 11.6. The molecule has 0 bridgehead atoms. The number of hydrogen-bond donors (Lipinski definition) is 1. The molecular weight excluding hydrogens is 231 g/mol. The van der Waals surface area contributed by atoms with E-state index in [2.05, 4.69) is 59.6 Å². The number of fused-ring (bicyclic) bond motifs is 1. The summed E-state index contributed by atoms with van der Waals surface area (Å²) in [5.74, 6) is 0. The number of nitrogens with one attached hydrogen (secondary N) is 1. The Morgan fingerprint density at radius 1 is 1.05 bits per heavy atom. The fourth-order valence-corrected chi connectivity index (χ4v) is 2.98. The summed E-state index contributed by atoms with van der Waals surface area (Å²) in [6.45, 7) is 2.41. The molecule has 0 radical (unpaired) electrons. The van der Waals surface area contributed by atoms with Crippen molar-refractivity contribution in [3.63, 3.8) is 0 Å². The van der Waals surface area contributed by atoms with Crippen LogP contribution in [0.2, 0.25) is 0 Å². The van der Waals surface area contributed by atoms with E-state index in [4.69, 9.17) is 0 Å². The largest absolute Gasteiger partial charge is 0.341 e. The van der Waals surface area contributed by atoms with Gasteiger partial charge in [-0.15, -0.1) is 0 Å². The van der Waals surface area contributed by atoms with Gasteiger partial charge in [0.25, 0.3) is 0 Å². The Kier molecular flexibility index (Phi) is 3.85. The molecule has 0 atom stereocenters. The molecule has 1 fully saturated rings. The molecule has 2 aromatic carbocycles. The molecule has 0 spiro atoms. The highest BCUT2D eigenvalue weighted by Crippen LogP contribution is 2.12. The quantitative estimate of drug-likeness (QED) is 0.833. The monoisotopic (exact) mass is 252 g/mol. The lowest BCUT2D eigenvalue weighted by atomic mass is 9.78. The highest BCUT2D eigenvalue weighted by molar-refractivity contribution is 6.51. The van der Waals surface area contributed by atoms with Crippen molar-refractivity contribution < 1.29 is 0 Å². The molecule has 3 heteroatoms. The maximum atomic E-state index is 3.39. The van der Waals surface area contributed by atoms with Gasteiger partial charge < -0.3 is 10.1 Å². The molecule has 3 rings (SSSR count). The molecular formula is C16H21BN2. The first kappa shape index (κ1) is 12.7. The zero-order valence-corrected chi connectivity index (χ0v) is 11.6. The Morgan fingerprint density at radius 3 is 2.53 bits per heavy atom. The zero-order chi connectivity index (χ0) is 13.1. The Hall–Kier alpha value is -1.32. The molecule has 2 aromatic rings. The predicted molar refractivity (Wildman–Crippen MR) is 84.4 cm³/mol. The van der Waals surface area contributed by atoms with Crippen molar-refractivity contribution >= 4 is 23.6 Å². The third-order valence-electron chi connectivity index (χ3n) is 4.22. The smallest absolute Gasteiger partial charge is 0.238 e. The standard InChI is InChI=1S/C16H21BN2/c1-18-16-8-10-19(11-9-16)17-15-7-6-13-4-2-3-5-14(13)12-15/h2-7,12,16-18H,8-11H2,1H3. The van der Waals surface area contributed by atoms with E-state index < -0.39 is 0 Å². The molecule has 1 heterocycles. The van der Waals surface area contributed by atoms with Crippen LogP contribution >= 0.6 is 0 Å². The van der Waals surface area contributed by atoms with Crippen LogP contribution in [0, 0.1) is 0 Å². The SMILES string of the molecule is CNC1CCN(Bc2ccc3ccccc3c2)CC1. The van der Waals surface area contributed by atoms with E-state index in [1.807, 2.05) is 0 Å². The maximum absolute atomic E-state index is 3.39. The molecule has 0 saturated carbocycles. The predicted octanol–water partition coefficient (Wildman–Crippen LogP) is 1.50. The van der Waals surface area contributed by atoms with Crippen LogP contribution in [-0.4, -0.2) is 38.4 Å².